The normalized spacial score (nSPS) is 11.0. The van der Waals surface area contributed by atoms with Gasteiger partial charge in [0.2, 0.25) is 0 Å². The van der Waals surface area contributed by atoms with Gasteiger partial charge in [-0.1, -0.05) is 18.2 Å². The molecule has 0 radical (unpaired) electrons. The second kappa shape index (κ2) is 7.88. The molecule has 10 heteroatoms. The van der Waals surface area contributed by atoms with Crippen molar-refractivity contribution in [3.05, 3.63) is 74.4 Å². The van der Waals surface area contributed by atoms with Crippen molar-refractivity contribution < 1.29 is 17.9 Å². The Bertz CT molecular complexity index is 1370. The predicted octanol–water partition coefficient (Wildman–Crippen LogP) is 1.91. The molecule has 0 spiro atoms. The Morgan fingerprint density at radius 2 is 1.77 bits per heavy atom. The Morgan fingerprint density at radius 3 is 2.33 bits per heavy atom. The largest absolute Gasteiger partial charge is 0.495 e. The van der Waals surface area contributed by atoms with Crippen LogP contribution in [-0.4, -0.2) is 31.3 Å². The van der Waals surface area contributed by atoms with Crippen LogP contribution in [0.15, 0.2) is 57.1 Å². The molecule has 0 bridgehead atoms. The SMILES string of the molecule is COc1cc(C#N)c(Oc2ccccc2C)cc1-n1c(=O)cc(S(C)(=O)=O)[nH]c1=O. The second-order valence-electron chi connectivity index (χ2n) is 6.38. The van der Waals surface area contributed by atoms with E-state index in [0.29, 0.717) is 10.3 Å². The molecule has 0 atom stereocenters. The molecule has 0 aliphatic rings. The highest BCUT2D eigenvalue weighted by molar-refractivity contribution is 7.90. The first kappa shape index (κ1) is 20.9. The van der Waals surface area contributed by atoms with Gasteiger partial charge in [0.05, 0.1) is 18.4 Å². The van der Waals surface area contributed by atoms with Gasteiger partial charge < -0.3 is 9.47 Å². The van der Waals surface area contributed by atoms with Crippen molar-refractivity contribution in [1.82, 2.24) is 9.55 Å². The summed E-state index contributed by atoms with van der Waals surface area (Å²) in [4.78, 5) is 27.3. The van der Waals surface area contributed by atoms with E-state index >= 15 is 0 Å². The zero-order chi connectivity index (χ0) is 22.1. The van der Waals surface area contributed by atoms with E-state index in [2.05, 4.69) is 4.98 Å². The van der Waals surface area contributed by atoms with E-state index in [9.17, 15) is 23.3 Å². The van der Waals surface area contributed by atoms with Crippen LogP contribution in [0.4, 0.5) is 0 Å². The predicted molar refractivity (Wildman–Crippen MR) is 108 cm³/mol. The number of para-hydroxylation sites is 1. The lowest BCUT2D eigenvalue weighted by molar-refractivity contribution is 0.409. The van der Waals surface area contributed by atoms with E-state index in [-0.39, 0.29) is 22.7 Å². The first-order valence-corrected chi connectivity index (χ1v) is 10.5. The van der Waals surface area contributed by atoms with E-state index in [4.69, 9.17) is 9.47 Å². The fraction of sp³-hybridized carbons (Fsp3) is 0.150. The minimum absolute atomic E-state index is 0.00798. The maximum atomic E-state index is 12.6. The van der Waals surface area contributed by atoms with Gasteiger partial charge in [0, 0.05) is 24.5 Å². The third-order valence-corrected chi connectivity index (χ3v) is 5.28. The van der Waals surface area contributed by atoms with Crippen molar-refractivity contribution in [3.8, 4) is 29.0 Å². The molecule has 3 aromatic rings. The summed E-state index contributed by atoms with van der Waals surface area (Å²) < 4.78 is 35.2. The lowest BCUT2D eigenvalue weighted by Crippen LogP contribution is -2.35. The van der Waals surface area contributed by atoms with Gasteiger partial charge in [-0.25, -0.2) is 17.8 Å². The highest BCUT2D eigenvalue weighted by atomic mass is 32.2. The van der Waals surface area contributed by atoms with E-state index in [1.165, 1.54) is 19.2 Å². The fourth-order valence-corrected chi connectivity index (χ4v) is 3.34. The highest BCUT2D eigenvalue weighted by Crippen LogP contribution is 2.34. The minimum atomic E-state index is -3.79. The Hall–Kier alpha value is -3.84. The molecule has 9 nitrogen and oxygen atoms in total. The van der Waals surface area contributed by atoms with Gasteiger partial charge in [0.15, 0.2) is 9.84 Å². The molecular formula is C20H17N3O6S. The van der Waals surface area contributed by atoms with Crippen LogP contribution in [0, 0.1) is 18.3 Å². The summed E-state index contributed by atoms with van der Waals surface area (Å²) >= 11 is 0. The van der Waals surface area contributed by atoms with Crippen molar-refractivity contribution in [2.75, 3.05) is 13.4 Å². The van der Waals surface area contributed by atoms with Crippen LogP contribution in [0.5, 0.6) is 17.2 Å². The molecule has 154 valence electrons. The van der Waals surface area contributed by atoms with Gasteiger partial charge in [-0.2, -0.15) is 5.26 Å². The molecule has 2 aromatic carbocycles. The van der Waals surface area contributed by atoms with Gasteiger partial charge >= 0.3 is 5.69 Å². The third-order valence-electron chi connectivity index (χ3n) is 4.26. The summed E-state index contributed by atoms with van der Waals surface area (Å²) in [5, 5.41) is 8.99. The van der Waals surface area contributed by atoms with E-state index in [1.54, 1.807) is 12.1 Å². The minimum Gasteiger partial charge on any atom is -0.495 e. The fourth-order valence-electron chi connectivity index (χ4n) is 2.75. The molecule has 0 aliphatic heterocycles. The number of nitrogens with zero attached hydrogens (tertiary/aromatic N) is 2. The van der Waals surface area contributed by atoms with Crippen LogP contribution < -0.4 is 20.7 Å². The second-order valence-corrected chi connectivity index (χ2v) is 8.37. The molecule has 1 heterocycles. The highest BCUT2D eigenvalue weighted by Gasteiger charge is 2.19. The number of sulfone groups is 1. The molecule has 0 amide bonds. The van der Waals surface area contributed by atoms with Crippen molar-refractivity contribution in [2.24, 2.45) is 0 Å². The maximum Gasteiger partial charge on any atom is 0.334 e. The number of nitrogens with one attached hydrogen (secondary N) is 1. The van der Waals surface area contributed by atoms with Gasteiger partial charge in [-0.15, -0.1) is 0 Å². The summed E-state index contributed by atoms with van der Waals surface area (Å²) in [6, 6.07) is 12.6. The summed E-state index contributed by atoms with van der Waals surface area (Å²) in [5.41, 5.74) is -0.939. The number of benzene rings is 2. The van der Waals surface area contributed by atoms with E-state index in [0.717, 1.165) is 17.9 Å². The molecule has 1 N–H and O–H groups in total. The van der Waals surface area contributed by atoms with Gasteiger partial charge in [0.1, 0.15) is 28.3 Å². The lowest BCUT2D eigenvalue weighted by Gasteiger charge is -2.15. The summed E-state index contributed by atoms with van der Waals surface area (Å²) in [7, 11) is -2.48. The zero-order valence-corrected chi connectivity index (χ0v) is 17.1. The van der Waals surface area contributed by atoms with Gasteiger partial charge in [-0.3, -0.25) is 9.78 Å². The summed E-state index contributed by atoms with van der Waals surface area (Å²) in [6.45, 7) is 1.82. The lowest BCUT2D eigenvalue weighted by atomic mass is 10.1. The van der Waals surface area contributed by atoms with E-state index < -0.39 is 26.1 Å². The number of hydrogen-bond acceptors (Lipinski definition) is 7. The first-order chi connectivity index (χ1) is 14.2. The number of H-pyrrole nitrogens is 1. The van der Waals surface area contributed by atoms with Crippen LogP contribution in [0.1, 0.15) is 11.1 Å². The molecule has 30 heavy (non-hydrogen) atoms. The standard InChI is InChI=1S/C20H17N3O6S/c1-12-6-4-5-7-15(12)29-16-9-14(17(28-2)8-13(16)11-21)23-19(24)10-18(22-20(23)25)30(3,26)27/h4-10H,1-3H3,(H,22,25). The zero-order valence-electron chi connectivity index (χ0n) is 16.3. The number of hydrogen-bond donors (Lipinski definition) is 1. The van der Waals surface area contributed by atoms with Gasteiger partial charge in [0.25, 0.3) is 5.56 Å². The number of methoxy groups -OCH3 is 1. The number of nitriles is 1. The van der Waals surface area contributed by atoms with Crippen LogP contribution in [-0.2, 0) is 9.84 Å². The third kappa shape index (κ3) is 3.97. The van der Waals surface area contributed by atoms with Crippen LogP contribution in [0.3, 0.4) is 0 Å². The Kier molecular flexibility index (Phi) is 5.49. The number of rotatable bonds is 5. The van der Waals surface area contributed by atoms with Crippen LogP contribution in [0.2, 0.25) is 0 Å². The smallest absolute Gasteiger partial charge is 0.334 e. The summed E-state index contributed by atoms with van der Waals surface area (Å²) in [5.74, 6) is 0.642. The van der Waals surface area contributed by atoms with Gasteiger partial charge in [-0.05, 0) is 18.6 Å². The number of ether oxygens (including phenoxy) is 2. The number of aromatic amines is 1. The average molecular weight is 427 g/mol. The van der Waals surface area contributed by atoms with Crippen molar-refractivity contribution >= 4 is 9.84 Å². The van der Waals surface area contributed by atoms with Crippen LogP contribution in [0.25, 0.3) is 5.69 Å². The quantitative estimate of drug-likeness (QED) is 0.615. The molecule has 3 rings (SSSR count). The first-order valence-electron chi connectivity index (χ1n) is 8.58. The molecular weight excluding hydrogens is 410 g/mol. The molecule has 0 unspecified atom stereocenters. The Balaban J connectivity index is 2.26. The van der Waals surface area contributed by atoms with Crippen molar-refractivity contribution in [1.29, 1.82) is 5.26 Å². The van der Waals surface area contributed by atoms with E-state index in [1.807, 2.05) is 25.1 Å². The monoisotopic (exact) mass is 427 g/mol. The number of aromatic nitrogens is 2. The van der Waals surface area contributed by atoms with Crippen molar-refractivity contribution in [3.63, 3.8) is 0 Å². The topological polar surface area (TPSA) is 131 Å². The molecule has 0 saturated carbocycles. The molecule has 0 saturated heterocycles. The molecule has 0 aliphatic carbocycles. The van der Waals surface area contributed by atoms with Crippen molar-refractivity contribution in [2.45, 2.75) is 11.9 Å². The molecule has 1 aromatic heterocycles. The average Bonchev–Trinajstić information content (AvgIpc) is 2.68. The Labute approximate surface area is 171 Å². The van der Waals surface area contributed by atoms with Crippen LogP contribution >= 0.6 is 0 Å². The number of aryl methyl sites for hydroxylation is 1. The molecule has 0 fully saturated rings. The summed E-state index contributed by atoms with van der Waals surface area (Å²) in [6.07, 6.45) is 0.873. The Morgan fingerprint density at radius 1 is 1.07 bits per heavy atom. The maximum absolute atomic E-state index is 12.6.